The van der Waals surface area contributed by atoms with Gasteiger partial charge in [0, 0.05) is 41.2 Å². The zero-order chi connectivity index (χ0) is 15.4. The number of aryl methyl sites for hydroxylation is 1. The van der Waals surface area contributed by atoms with Gasteiger partial charge < -0.3 is 15.3 Å². The van der Waals surface area contributed by atoms with Gasteiger partial charge in [-0.25, -0.2) is 4.79 Å². The Balaban J connectivity index is 1.82. The normalized spacial score (nSPS) is 21.9. The summed E-state index contributed by atoms with van der Waals surface area (Å²) in [6.07, 6.45) is 2.51. The summed E-state index contributed by atoms with van der Waals surface area (Å²) in [5.74, 6) is 0.208. The molecule has 3 unspecified atom stereocenters. The molecule has 118 valence electrons. The topological polar surface area (TPSA) is 52.6 Å². The first kappa shape index (κ1) is 16.3. The molecule has 4 nitrogen and oxygen atoms in total. The maximum Gasteiger partial charge on any atom is 0.317 e. The lowest BCUT2D eigenvalue weighted by molar-refractivity contribution is 0.0734. The number of carbonyl (C=O) groups excluding carboxylic acids is 1. The van der Waals surface area contributed by atoms with Crippen molar-refractivity contribution in [3.8, 4) is 0 Å². The summed E-state index contributed by atoms with van der Waals surface area (Å²) in [6.45, 7) is 7.41. The standard InChI is InChI=1S/C16H26N2O2S/c1-11(9-15-7-6-12(2)21-15)17-16(20)18-8-4-5-14(10-18)13(3)19/h6-7,11,13-14,19H,4-5,8-10H2,1-3H3,(H,17,20). The zero-order valence-electron chi connectivity index (χ0n) is 13.1. The summed E-state index contributed by atoms with van der Waals surface area (Å²) in [7, 11) is 0. The molecule has 21 heavy (non-hydrogen) atoms. The quantitative estimate of drug-likeness (QED) is 0.898. The molecule has 0 bridgehead atoms. The number of amides is 2. The van der Waals surface area contributed by atoms with Crippen LogP contribution < -0.4 is 5.32 Å². The average molecular weight is 310 g/mol. The molecule has 3 atom stereocenters. The molecule has 1 aliphatic rings. The number of hydrogen-bond acceptors (Lipinski definition) is 3. The van der Waals surface area contributed by atoms with Crippen LogP contribution in [-0.2, 0) is 6.42 Å². The molecule has 0 aliphatic carbocycles. The van der Waals surface area contributed by atoms with Gasteiger partial charge >= 0.3 is 6.03 Å². The Morgan fingerprint density at radius 2 is 2.29 bits per heavy atom. The van der Waals surface area contributed by atoms with Crippen LogP contribution in [0.15, 0.2) is 12.1 Å². The molecule has 0 spiro atoms. The highest BCUT2D eigenvalue weighted by Gasteiger charge is 2.26. The zero-order valence-corrected chi connectivity index (χ0v) is 13.9. The number of carbonyl (C=O) groups is 1. The van der Waals surface area contributed by atoms with Gasteiger partial charge in [0.25, 0.3) is 0 Å². The molecule has 1 aliphatic heterocycles. The summed E-state index contributed by atoms with van der Waals surface area (Å²) < 4.78 is 0. The van der Waals surface area contributed by atoms with E-state index in [4.69, 9.17) is 0 Å². The van der Waals surface area contributed by atoms with E-state index in [1.165, 1.54) is 9.75 Å². The Bertz CT molecular complexity index is 473. The minimum Gasteiger partial charge on any atom is -0.393 e. The van der Waals surface area contributed by atoms with Crippen molar-refractivity contribution in [1.29, 1.82) is 0 Å². The van der Waals surface area contributed by atoms with Crippen molar-refractivity contribution in [2.75, 3.05) is 13.1 Å². The van der Waals surface area contributed by atoms with Gasteiger partial charge in [-0.1, -0.05) is 0 Å². The summed E-state index contributed by atoms with van der Waals surface area (Å²) in [4.78, 5) is 16.8. The van der Waals surface area contributed by atoms with E-state index in [9.17, 15) is 9.90 Å². The molecule has 0 aromatic carbocycles. The van der Waals surface area contributed by atoms with Crippen LogP contribution in [0.5, 0.6) is 0 Å². The highest BCUT2D eigenvalue weighted by Crippen LogP contribution is 2.20. The second-order valence-corrected chi connectivity index (χ2v) is 7.53. The van der Waals surface area contributed by atoms with Crippen molar-refractivity contribution in [3.05, 3.63) is 21.9 Å². The molecular formula is C16H26N2O2S. The number of piperidine rings is 1. The van der Waals surface area contributed by atoms with Crippen molar-refractivity contribution < 1.29 is 9.90 Å². The van der Waals surface area contributed by atoms with Crippen molar-refractivity contribution in [2.45, 2.75) is 52.2 Å². The lowest BCUT2D eigenvalue weighted by Gasteiger charge is -2.34. The molecule has 0 radical (unpaired) electrons. The van der Waals surface area contributed by atoms with E-state index < -0.39 is 0 Å². The Kier molecular flexibility index (Phi) is 5.65. The molecule has 1 saturated heterocycles. The number of likely N-dealkylation sites (tertiary alicyclic amines) is 1. The first-order valence-corrected chi connectivity index (χ1v) is 8.56. The van der Waals surface area contributed by atoms with Crippen LogP contribution >= 0.6 is 11.3 Å². The molecule has 2 rings (SSSR count). The third-order valence-electron chi connectivity index (χ3n) is 4.10. The molecule has 0 saturated carbocycles. The van der Waals surface area contributed by atoms with Crippen LogP contribution in [0, 0.1) is 12.8 Å². The fourth-order valence-corrected chi connectivity index (χ4v) is 3.86. The van der Waals surface area contributed by atoms with E-state index in [-0.39, 0.29) is 24.1 Å². The second-order valence-electron chi connectivity index (χ2n) is 6.16. The van der Waals surface area contributed by atoms with E-state index in [0.717, 1.165) is 25.8 Å². The molecule has 2 N–H and O–H groups in total. The minimum atomic E-state index is -0.341. The number of nitrogens with one attached hydrogen (secondary N) is 1. The first-order valence-electron chi connectivity index (χ1n) is 7.74. The van der Waals surface area contributed by atoms with Crippen LogP contribution in [0.3, 0.4) is 0 Å². The molecule has 1 aromatic heterocycles. The first-order chi connectivity index (χ1) is 9.95. The Labute approximate surface area is 131 Å². The summed E-state index contributed by atoms with van der Waals surface area (Å²) in [5, 5.41) is 12.8. The van der Waals surface area contributed by atoms with Crippen LogP contribution in [0.4, 0.5) is 4.79 Å². The maximum absolute atomic E-state index is 12.3. The monoisotopic (exact) mass is 310 g/mol. The predicted octanol–water partition coefficient (Wildman–Crippen LogP) is 2.79. The molecule has 2 amide bonds. The SMILES string of the molecule is Cc1ccc(CC(C)NC(=O)N2CCCC(C(C)O)C2)s1. The van der Waals surface area contributed by atoms with E-state index in [1.54, 1.807) is 11.3 Å². The highest BCUT2D eigenvalue weighted by atomic mass is 32.1. The number of urea groups is 1. The molecule has 1 aromatic rings. The summed E-state index contributed by atoms with van der Waals surface area (Å²) in [5.41, 5.74) is 0. The number of aliphatic hydroxyl groups is 1. The van der Waals surface area contributed by atoms with Gasteiger partial charge in [0.05, 0.1) is 6.10 Å². The van der Waals surface area contributed by atoms with Gasteiger partial charge in [0.15, 0.2) is 0 Å². The van der Waals surface area contributed by atoms with E-state index in [2.05, 4.69) is 24.4 Å². The third kappa shape index (κ3) is 4.71. The highest BCUT2D eigenvalue weighted by molar-refractivity contribution is 7.11. The van der Waals surface area contributed by atoms with Gasteiger partial charge in [-0.15, -0.1) is 11.3 Å². The van der Waals surface area contributed by atoms with E-state index in [0.29, 0.717) is 6.54 Å². The fourth-order valence-electron chi connectivity index (χ4n) is 2.84. The van der Waals surface area contributed by atoms with Crippen molar-refractivity contribution in [2.24, 2.45) is 5.92 Å². The van der Waals surface area contributed by atoms with Crippen LogP contribution in [0.2, 0.25) is 0 Å². The lowest BCUT2D eigenvalue weighted by atomic mass is 9.94. The number of nitrogens with zero attached hydrogens (tertiary/aromatic N) is 1. The fraction of sp³-hybridized carbons (Fsp3) is 0.688. The Morgan fingerprint density at radius 3 is 2.90 bits per heavy atom. The average Bonchev–Trinajstić information content (AvgIpc) is 2.83. The summed E-state index contributed by atoms with van der Waals surface area (Å²) >= 11 is 1.79. The molecule has 2 heterocycles. The largest absolute Gasteiger partial charge is 0.393 e. The smallest absolute Gasteiger partial charge is 0.317 e. The molecule has 1 fully saturated rings. The number of hydrogen-bond donors (Lipinski definition) is 2. The van der Waals surface area contributed by atoms with Gasteiger partial charge in [-0.05, 0) is 45.7 Å². The number of aliphatic hydroxyl groups excluding tert-OH is 1. The van der Waals surface area contributed by atoms with Crippen molar-refractivity contribution in [1.82, 2.24) is 10.2 Å². The lowest BCUT2D eigenvalue weighted by Crippen LogP contribution is -2.49. The Hall–Kier alpha value is -1.07. The van der Waals surface area contributed by atoms with Crippen LogP contribution in [0.25, 0.3) is 0 Å². The molecular weight excluding hydrogens is 284 g/mol. The van der Waals surface area contributed by atoms with Gasteiger partial charge in [0.2, 0.25) is 0 Å². The number of thiophene rings is 1. The van der Waals surface area contributed by atoms with Gasteiger partial charge in [-0.2, -0.15) is 0 Å². The van der Waals surface area contributed by atoms with E-state index in [1.807, 2.05) is 18.7 Å². The Morgan fingerprint density at radius 1 is 1.52 bits per heavy atom. The predicted molar refractivity (Wildman–Crippen MR) is 86.7 cm³/mol. The summed E-state index contributed by atoms with van der Waals surface area (Å²) in [6, 6.07) is 4.38. The van der Waals surface area contributed by atoms with Crippen LogP contribution in [0.1, 0.15) is 36.4 Å². The van der Waals surface area contributed by atoms with Gasteiger partial charge in [-0.3, -0.25) is 0 Å². The van der Waals surface area contributed by atoms with Crippen molar-refractivity contribution >= 4 is 17.4 Å². The maximum atomic E-state index is 12.3. The molecule has 5 heteroatoms. The van der Waals surface area contributed by atoms with Crippen molar-refractivity contribution in [3.63, 3.8) is 0 Å². The van der Waals surface area contributed by atoms with E-state index >= 15 is 0 Å². The minimum absolute atomic E-state index is 0.00104. The van der Waals surface area contributed by atoms with Gasteiger partial charge in [0.1, 0.15) is 0 Å². The van der Waals surface area contributed by atoms with Crippen LogP contribution in [-0.4, -0.2) is 41.3 Å². The number of rotatable bonds is 4. The third-order valence-corrected chi connectivity index (χ3v) is 5.12. The second kappa shape index (κ2) is 7.27.